The number of carbonyl (C=O) groups excluding carboxylic acids is 1. The number of alkyl halides is 3. The molecule has 0 fully saturated rings. The Balaban J connectivity index is 2.94. The number of anilines is 1. The fourth-order valence-electron chi connectivity index (χ4n) is 1.18. The molecule has 0 heterocycles. The first kappa shape index (κ1) is 13.3. The van der Waals surface area contributed by atoms with Crippen LogP contribution in [0.5, 0.6) is 5.75 Å². The number of nitrogens with two attached hydrogens (primary N) is 1. The van der Waals surface area contributed by atoms with E-state index in [1.807, 2.05) is 0 Å². The van der Waals surface area contributed by atoms with Gasteiger partial charge in [-0.2, -0.15) is 13.2 Å². The molecule has 1 unspecified atom stereocenters. The van der Waals surface area contributed by atoms with Gasteiger partial charge in [-0.05, 0) is 32.0 Å². The lowest BCUT2D eigenvalue weighted by Gasteiger charge is -2.18. The lowest BCUT2D eigenvalue weighted by atomic mass is 10.1. The second kappa shape index (κ2) is 4.65. The summed E-state index contributed by atoms with van der Waals surface area (Å²) in [5.74, 6) is -0.359. The third-order valence-electron chi connectivity index (χ3n) is 2.18. The molecule has 0 saturated heterocycles. The molecule has 1 aromatic carbocycles. The monoisotopic (exact) mass is 247 g/mol. The van der Waals surface area contributed by atoms with Gasteiger partial charge in [0.15, 0.2) is 11.9 Å². The van der Waals surface area contributed by atoms with E-state index in [1.165, 1.54) is 25.1 Å². The molecule has 1 atom stereocenters. The molecule has 17 heavy (non-hydrogen) atoms. The van der Waals surface area contributed by atoms with E-state index in [1.54, 1.807) is 0 Å². The molecule has 3 nitrogen and oxygen atoms in total. The van der Waals surface area contributed by atoms with Crippen molar-refractivity contribution >= 4 is 11.5 Å². The van der Waals surface area contributed by atoms with Crippen molar-refractivity contribution in [3.63, 3.8) is 0 Å². The molecule has 0 aliphatic heterocycles. The van der Waals surface area contributed by atoms with Crippen LogP contribution in [0.1, 0.15) is 24.2 Å². The van der Waals surface area contributed by atoms with Gasteiger partial charge in [0.1, 0.15) is 5.75 Å². The average Bonchev–Trinajstić information content (AvgIpc) is 2.19. The lowest BCUT2D eigenvalue weighted by Crippen LogP contribution is -2.31. The van der Waals surface area contributed by atoms with Crippen molar-refractivity contribution in [3.05, 3.63) is 23.8 Å². The molecule has 0 aliphatic carbocycles. The summed E-state index contributed by atoms with van der Waals surface area (Å²) >= 11 is 0. The highest BCUT2D eigenvalue weighted by molar-refractivity contribution is 5.99. The Kier molecular flexibility index (Phi) is 3.65. The third-order valence-corrected chi connectivity index (χ3v) is 2.18. The summed E-state index contributed by atoms with van der Waals surface area (Å²) in [6, 6.07) is 3.85. The van der Waals surface area contributed by atoms with E-state index in [0.29, 0.717) is 0 Å². The van der Waals surface area contributed by atoms with Gasteiger partial charge >= 0.3 is 6.18 Å². The average molecular weight is 247 g/mol. The second-order valence-electron chi connectivity index (χ2n) is 3.61. The van der Waals surface area contributed by atoms with Gasteiger partial charge in [-0.25, -0.2) is 0 Å². The van der Waals surface area contributed by atoms with Gasteiger partial charge in [0.05, 0.1) is 0 Å². The number of nitrogen functional groups attached to an aromatic ring is 1. The van der Waals surface area contributed by atoms with Gasteiger partial charge in [0.25, 0.3) is 0 Å². The third kappa shape index (κ3) is 3.37. The fourth-order valence-corrected chi connectivity index (χ4v) is 1.18. The Labute approximate surface area is 96.4 Å². The van der Waals surface area contributed by atoms with Crippen molar-refractivity contribution in [3.8, 4) is 5.75 Å². The molecule has 0 aliphatic rings. The van der Waals surface area contributed by atoms with Crippen molar-refractivity contribution in [2.24, 2.45) is 0 Å². The smallest absolute Gasteiger partial charge is 0.425 e. The number of ether oxygens (including phenoxy) is 1. The Morgan fingerprint density at radius 1 is 1.41 bits per heavy atom. The van der Waals surface area contributed by atoms with Gasteiger partial charge in [0.2, 0.25) is 0 Å². The topological polar surface area (TPSA) is 52.3 Å². The van der Waals surface area contributed by atoms with E-state index in [4.69, 9.17) is 10.5 Å². The minimum atomic E-state index is -4.45. The van der Waals surface area contributed by atoms with Crippen molar-refractivity contribution in [2.75, 3.05) is 5.73 Å². The molecule has 0 bridgehead atoms. The maximum absolute atomic E-state index is 12.3. The van der Waals surface area contributed by atoms with E-state index in [2.05, 4.69) is 0 Å². The van der Waals surface area contributed by atoms with Crippen molar-refractivity contribution < 1.29 is 22.7 Å². The number of rotatable bonds is 3. The highest BCUT2D eigenvalue weighted by Crippen LogP contribution is 2.27. The van der Waals surface area contributed by atoms with Crippen molar-refractivity contribution in [1.82, 2.24) is 0 Å². The molecule has 0 amide bonds. The standard InChI is InChI=1S/C11H12F3NO2/c1-6(16)9-5-8(3-4-10(9)15)17-7(2)11(12,13)14/h3-5,7H,15H2,1-2H3. The number of hydrogen-bond acceptors (Lipinski definition) is 3. The first-order valence-electron chi connectivity index (χ1n) is 4.85. The molecule has 2 N–H and O–H groups in total. The van der Waals surface area contributed by atoms with Crippen LogP contribution in [-0.2, 0) is 0 Å². The highest BCUT2D eigenvalue weighted by Gasteiger charge is 2.38. The molecular formula is C11H12F3NO2. The van der Waals surface area contributed by atoms with Crippen LogP contribution in [0.25, 0.3) is 0 Å². The summed E-state index contributed by atoms with van der Waals surface area (Å²) in [6.07, 6.45) is -6.39. The van der Waals surface area contributed by atoms with E-state index in [9.17, 15) is 18.0 Å². The van der Waals surface area contributed by atoms with Gasteiger partial charge < -0.3 is 10.5 Å². The normalized spacial score (nSPS) is 13.2. The summed E-state index contributed by atoms with van der Waals surface area (Å²) in [6.45, 7) is 2.17. The minimum Gasteiger partial charge on any atom is -0.481 e. The predicted molar refractivity (Wildman–Crippen MR) is 57.0 cm³/mol. The summed E-state index contributed by atoms with van der Waals surface area (Å²) in [4.78, 5) is 11.1. The van der Waals surface area contributed by atoms with Crippen LogP contribution in [0.15, 0.2) is 18.2 Å². The second-order valence-corrected chi connectivity index (χ2v) is 3.61. The lowest BCUT2D eigenvalue weighted by molar-refractivity contribution is -0.189. The zero-order chi connectivity index (χ0) is 13.2. The first-order chi connectivity index (χ1) is 7.71. The Hall–Kier alpha value is -1.72. The summed E-state index contributed by atoms with van der Waals surface area (Å²) in [7, 11) is 0. The Bertz CT molecular complexity index is 429. The van der Waals surface area contributed by atoms with E-state index < -0.39 is 12.3 Å². The first-order valence-corrected chi connectivity index (χ1v) is 4.85. The zero-order valence-corrected chi connectivity index (χ0v) is 9.34. The molecule has 94 valence electrons. The number of benzene rings is 1. The number of hydrogen-bond donors (Lipinski definition) is 1. The van der Waals surface area contributed by atoms with Gasteiger partial charge in [-0.1, -0.05) is 0 Å². The van der Waals surface area contributed by atoms with E-state index in [0.717, 1.165) is 6.92 Å². The Morgan fingerprint density at radius 3 is 2.47 bits per heavy atom. The summed E-state index contributed by atoms with van der Waals surface area (Å²) in [5.41, 5.74) is 5.87. The SMILES string of the molecule is CC(=O)c1cc(OC(C)C(F)(F)F)ccc1N. The van der Waals surface area contributed by atoms with Crippen LogP contribution in [-0.4, -0.2) is 18.1 Å². The molecule has 6 heteroatoms. The predicted octanol–water partition coefficient (Wildman–Crippen LogP) is 2.80. The molecule has 1 aromatic rings. The van der Waals surface area contributed by atoms with Crippen molar-refractivity contribution in [2.45, 2.75) is 26.1 Å². The largest absolute Gasteiger partial charge is 0.481 e. The van der Waals surface area contributed by atoms with Crippen LogP contribution >= 0.6 is 0 Å². The summed E-state index contributed by atoms with van der Waals surface area (Å²) < 4.78 is 41.5. The molecule has 0 spiro atoms. The van der Waals surface area contributed by atoms with Gasteiger partial charge in [0, 0.05) is 11.3 Å². The quantitative estimate of drug-likeness (QED) is 0.660. The van der Waals surface area contributed by atoms with Crippen molar-refractivity contribution in [1.29, 1.82) is 0 Å². The van der Waals surface area contributed by atoms with Crippen LogP contribution in [0.4, 0.5) is 18.9 Å². The number of ketones is 1. The molecule has 0 radical (unpaired) electrons. The maximum atomic E-state index is 12.3. The number of carbonyl (C=O) groups is 1. The fraction of sp³-hybridized carbons (Fsp3) is 0.364. The minimum absolute atomic E-state index is 0.0331. The highest BCUT2D eigenvalue weighted by atomic mass is 19.4. The van der Waals surface area contributed by atoms with Gasteiger partial charge in [-0.3, -0.25) is 4.79 Å². The Morgan fingerprint density at radius 2 is 2.00 bits per heavy atom. The van der Waals surface area contributed by atoms with Crippen LogP contribution in [0.3, 0.4) is 0 Å². The maximum Gasteiger partial charge on any atom is 0.425 e. The zero-order valence-electron chi connectivity index (χ0n) is 9.34. The van der Waals surface area contributed by atoms with Gasteiger partial charge in [-0.15, -0.1) is 0 Å². The number of halogens is 3. The molecular weight excluding hydrogens is 235 g/mol. The summed E-state index contributed by atoms with van der Waals surface area (Å²) in [5, 5.41) is 0. The van der Waals surface area contributed by atoms with Crippen LogP contribution in [0, 0.1) is 0 Å². The molecule has 1 rings (SSSR count). The van der Waals surface area contributed by atoms with E-state index >= 15 is 0 Å². The molecule has 0 saturated carbocycles. The molecule has 0 aromatic heterocycles. The number of Topliss-reactive ketones (excluding diaryl/α,β-unsaturated/α-hetero) is 1. The van der Waals surface area contributed by atoms with Crippen LogP contribution in [0.2, 0.25) is 0 Å². The van der Waals surface area contributed by atoms with E-state index in [-0.39, 0.29) is 22.8 Å². The van der Waals surface area contributed by atoms with Crippen LogP contribution < -0.4 is 10.5 Å².